The van der Waals surface area contributed by atoms with Crippen molar-refractivity contribution in [1.29, 1.82) is 0 Å². The maximum atomic E-state index is 13.7. The quantitative estimate of drug-likeness (QED) is 0.0390. The van der Waals surface area contributed by atoms with Crippen molar-refractivity contribution in [2.45, 2.75) is 144 Å². The minimum Gasteiger partial charge on any atom is -0.509 e. The molecule has 1 N–H and O–H groups in total. The van der Waals surface area contributed by atoms with Crippen LogP contribution in [0, 0.1) is 88.7 Å². The largest absolute Gasteiger partial charge is 0.509 e. The van der Waals surface area contributed by atoms with E-state index in [0.717, 1.165) is 56.3 Å². The summed E-state index contributed by atoms with van der Waals surface area (Å²) in [6, 6.07) is 55.5. The minimum absolute atomic E-state index is 0.0615. The lowest BCUT2D eigenvalue weighted by molar-refractivity contribution is -0.130. The van der Waals surface area contributed by atoms with E-state index < -0.39 is 74.3 Å². The number of Topliss-reactive ketones (excluding diaryl/α,β-unsaturated/α-hetero) is 5. The van der Waals surface area contributed by atoms with Gasteiger partial charge in [-0.25, -0.2) is 31.6 Å². The first kappa shape index (κ1) is 91.2. The Morgan fingerprint density at radius 1 is 0.405 bits per heavy atom. The Labute approximate surface area is 707 Å². The molecule has 0 spiro atoms. The number of ketones is 5. The van der Waals surface area contributed by atoms with Gasteiger partial charge in [0.15, 0.2) is 55.6 Å². The molecule has 6 atom stereocenters. The zero-order valence-corrected chi connectivity index (χ0v) is 72.1. The molecule has 0 saturated carbocycles. The molecule has 3 heterocycles. The van der Waals surface area contributed by atoms with Crippen molar-refractivity contribution in [1.82, 2.24) is 14.7 Å². The Kier molecular flexibility index (Phi) is 29.4. The molecule has 0 aliphatic carbocycles. The number of hydrogen-bond donors (Lipinski definition) is 1. The number of nitrogens with zero attached hydrogens (tertiary/aromatic N) is 3. The summed E-state index contributed by atoms with van der Waals surface area (Å²) in [5.74, 6) is -0.0490. The van der Waals surface area contributed by atoms with Gasteiger partial charge in [0.05, 0.1) is 4.90 Å². The predicted molar refractivity (Wildman–Crippen MR) is 459 cm³/mol. The molecule has 23 heteroatoms. The van der Waals surface area contributed by atoms with Gasteiger partial charge in [0, 0.05) is 80.0 Å². The lowest BCUT2D eigenvalue weighted by Gasteiger charge is -2.27. The fourth-order valence-corrected chi connectivity index (χ4v) is 15.9. The van der Waals surface area contributed by atoms with Crippen molar-refractivity contribution in [3.8, 4) is 34.5 Å². The molecule has 12 rings (SSSR count). The molecular weight excluding hydrogens is 1560 g/mol. The Morgan fingerprint density at radius 3 is 0.967 bits per heavy atom. The van der Waals surface area contributed by atoms with E-state index in [9.17, 15) is 60.7 Å². The van der Waals surface area contributed by atoms with Gasteiger partial charge >= 0.3 is 18.3 Å². The number of aliphatic hydroxyl groups is 1. The van der Waals surface area contributed by atoms with Crippen molar-refractivity contribution in [2.24, 2.45) is 35.5 Å². The number of hydrogen-bond acceptors (Lipinski definition) is 17. The van der Waals surface area contributed by atoms with E-state index >= 15 is 0 Å². The summed E-state index contributed by atoms with van der Waals surface area (Å²) >= 11 is 0. The standard InChI is InChI=1S/C34H39NO7S.2C32H34FNO5/c1-22-18-25(19-23(2)32(22)42-34(4,5)24(3)36)12-13-27-20-35(33(38)41-28-10-8-7-9-11-28)21-30(27)31(37)26-14-16-29(17-15-26)43(6,39)40;2*1-20-15-23(16-21(2)30(20)39-32(4,5)22(3)35)17-25-18-34(31(37)38-27-9-7-6-8-10-27)19-28(25)29(36)24-11-13-26(33)14-12-24/h7-11,14-19,27,30,36H,3,12-13,20-21H2,1-2,4-6H3;2*6-16,25,28H,17-19H2,1-5H3/t27-,30-;2*25-,28-/m110/s1. The number of likely N-dealkylation sites (tertiary alicyclic amines) is 3. The van der Waals surface area contributed by atoms with Crippen molar-refractivity contribution < 1.29 is 89.1 Å². The van der Waals surface area contributed by atoms with Crippen LogP contribution in [0.15, 0.2) is 217 Å². The molecule has 9 aromatic rings. The van der Waals surface area contributed by atoms with Gasteiger partial charge in [-0.2, -0.15) is 0 Å². The highest BCUT2D eigenvalue weighted by Crippen LogP contribution is 2.40. The summed E-state index contributed by atoms with van der Waals surface area (Å²) in [4.78, 5) is 109. The third-order valence-corrected chi connectivity index (χ3v) is 23.7. The summed E-state index contributed by atoms with van der Waals surface area (Å²) in [6.07, 6.45) is 1.99. The SMILES string of the molecule is C=C(O)C(C)(C)Oc1c(C)cc(CC[C@@H]2CN(C(=O)Oc3ccccc3)C[C@H]2C(=O)c2ccc(S(C)(=O)=O)cc2)cc1C.CC(=O)C(C)(C)Oc1c(C)cc(C[C@@H]2CN(C(=O)Oc3ccccc3)C[C@H]2C(=O)c2ccc(F)cc2)cc1C.CC(=O)C(C)(C)Oc1c(C)cc(C[C@H]2CN(C(=O)Oc3ccccc3)C[C@@H]2C(=O)c2ccc(F)cc2)cc1C. The van der Waals surface area contributed by atoms with Gasteiger partial charge in [-0.05, 0) is 288 Å². The number of carbonyl (C=O) groups excluding carboxylic acids is 8. The number of rotatable bonds is 26. The molecule has 20 nitrogen and oxygen atoms in total. The highest BCUT2D eigenvalue weighted by Gasteiger charge is 2.44. The van der Waals surface area contributed by atoms with E-state index in [2.05, 4.69) is 6.58 Å². The fourth-order valence-electron chi connectivity index (χ4n) is 15.3. The van der Waals surface area contributed by atoms with E-state index in [4.69, 9.17) is 28.4 Å². The van der Waals surface area contributed by atoms with Crippen LogP contribution in [0.4, 0.5) is 23.2 Å². The summed E-state index contributed by atoms with van der Waals surface area (Å²) in [6.45, 7) is 30.4. The molecule has 636 valence electrons. The fraction of sp³-hybridized carbons (Fsp3) is 0.347. The Bertz CT molecular complexity index is 5130. The number of para-hydroxylation sites is 3. The predicted octanol–water partition coefficient (Wildman–Crippen LogP) is 19.2. The van der Waals surface area contributed by atoms with Crippen LogP contribution < -0.4 is 28.4 Å². The average Bonchev–Trinajstić information content (AvgIpc) is 1.79. The van der Waals surface area contributed by atoms with E-state index in [1.54, 1.807) is 129 Å². The summed E-state index contributed by atoms with van der Waals surface area (Å²) in [7, 11) is -3.40. The molecule has 9 aromatic carbocycles. The van der Waals surface area contributed by atoms with Crippen LogP contribution in [0.3, 0.4) is 0 Å². The Morgan fingerprint density at radius 2 is 0.678 bits per heavy atom. The van der Waals surface area contributed by atoms with Crippen LogP contribution in [0.25, 0.3) is 0 Å². The van der Waals surface area contributed by atoms with Crippen LogP contribution >= 0.6 is 0 Å². The van der Waals surface area contributed by atoms with Gasteiger partial charge in [0.25, 0.3) is 0 Å². The Hall–Kier alpha value is -12.1. The lowest BCUT2D eigenvalue weighted by atomic mass is 9.84. The monoisotopic (exact) mass is 1670 g/mol. The van der Waals surface area contributed by atoms with E-state index in [1.165, 1.54) is 86.6 Å². The van der Waals surface area contributed by atoms with Crippen LogP contribution in [-0.4, -0.2) is 138 Å². The maximum Gasteiger partial charge on any atom is 0.415 e. The third-order valence-electron chi connectivity index (χ3n) is 22.6. The highest BCUT2D eigenvalue weighted by atomic mass is 32.2. The second kappa shape index (κ2) is 39.0. The molecule has 3 aliphatic rings. The summed E-state index contributed by atoms with van der Waals surface area (Å²) < 4.78 is 85.8. The van der Waals surface area contributed by atoms with Crippen LogP contribution in [0.1, 0.15) is 143 Å². The minimum atomic E-state index is -3.40. The zero-order valence-electron chi connectivity index (χ0n) is 71.3. The van der Waals surface area contributed by atoms with Crippen molar-refractivity contribution in [3.05, 3.63) is 291 Å². The lowest BCUT2D eigenvalue weighted by Crippen LogP contribution is -2.36. The molecule has 3 aliphatic heterocycles. The zero-order chi connectivity index (χ0) is 88.2. The van der Waals surface area contributed by atoms with Gasteiger partial charge in [0.1, 0.15) is 51.9 Å². The second-order valence-electron chi connectivity index (χ2n) is 33.3. The first-order valence-electron chi connectivity index (χ1n) is 40.3. The van der Waals surface area contributed by atoms with Gasteiger partial charge in [0.2, 0.25) is 0 Å². The van der Waals surface area contributed by atoms with E-state index in [1.807, 2.05) is 96.1 Å². The molecule has 121 heavy (non-hydrogen) atoms. The molecule has 0 radical (unpaired) electrons. The number of aliphatic hydroxyl groups excluding tert-OH is 1. The van der Waals surface area contributed by atoms with Crippen LogP contribution in [-0.2, 0) is 38.7 Å². The van der Waals surface area contributed by atoms with E-state index in [-0.39, 0.29) is 77.0 Å². The van der Waals surface area contributed by atoms with E-state index in [0.29, 0.717) is 96.5 Å². The highest BCUT2D eigenvalue weighted by molar-refractivity contribution is 7.90. The van der Waals surface area contributed by atoms with Gasteiger partial charge in [-0.1, -0.05) is 110 Å². The van der Waals surface area contributed by atoms with Gasteiger partial charge < -0.3 is 48.2 Å². The number of ether oxygens (including phenoxy) is 6. The number of carbonyl (C=O) groups is 8. The van der Waals surface area contributed by atoms with Crippen molar-refractivity contribution in [3.63, 3.8) is 0 Å². The van der Waals surface area contributed by atoms with Gasteiger partial charge in [-0.15, -0.1) is 0 Å². The molecule has 0 bridgehead atoms. The van der Waals surface area contributed by atoms with Crippen LogP contribution in [0.5, 0.6) is 34.5 Å². The number of benzene rings is 9. The normalized spacial score (nSPS) is 17.1. The number of aryl methyl sites for hydroxylation is 7. The van der Waals surface area contributed by atoms with Crippen LogP contribution in [0.2, 0.25) is 0 Å². The third kappa shape index (κ3) is 23.7. The second-order valence-corrected chi connectivity index (χ2v) is 35.3. The first-order valence-corrected chi connectivity index (χ1v) is 42.2. The average molecular weight is 1670 g/mol. The first-order chi connectivity index (χ1) is 57.0. The molecule has 0 unspecified atom stereocenters. The Balaban J connectivity index is 0.000000191. The van der Waals surface area contributed by atoms with Crippen molar-refractivity contribution >= 4 is 57.0 Å². The molecular formula is C98H107F2N3O17S. The topological polar surface area (TPSA) is 256 Å². The van der Waals surface area contributed by atoms with Crippen molar-refractivity contribution in [2.75, 3.05) is 45.5 Å². The van der Waals surface area contributed by atoms with Gasteiger partial charge in [-0.3, -0.25) is 24.0 Å². The molecule has 3 amide bonds. The number of amides is 3. The number of sulfone groups is 1. The number of halogens is 2. The maximum absolute atomic E-state index is 13.7. The molecule has 0 aromatic heterocycles. The summed E-state index contributed by atoms with van der Waals surface area (Å²) in [5.41, 5.74) is 6.84. The molecule has 3 fully saturated rings. The smallest absolute Gasteiger partial charge is 0.415 e. The molecule has 3 saturated heterocycles. The summed E-state index contributed by atoms with van der Waals surface area (Å²) in [5, 5.41) is 9.92.